The van der Waals surface area contributed by atoms with E-state index < -0.39 is 16.0 Å². The fourth-order valence-electron chi connectivity index (χ4n) is 5.20. The van der Waals surface area contributed by atoms with Gasteiger partial charge in [-0.1, -0.05) is 116 Å². The number of hydrogen-bond acceptors (Lipinski definition) is 4. The zero-order valence-electron chi connectivity index (χ0n) is 26.3. The normalized spacial score (nSPS) is 12.0. The van der Waals surface area contributed by atoms with Crippen molar-refractivity contribution in [3.63, 3.8) is 0 Å². The van der Waals surface area contributed by atoms with E-state index in [0.29, 0.717) is 17.7 Å². The van der Waals surface area contributed by atoms with Crippen LogP contribution in [-0.4, -0.2) is 25.3 Å². The SMILES string of the molecule is CCCCCC/C(=C(/c1ccc(C(=O)OCC)cc1)N(Cc1ccccc1)S(=O)(=O)c1ccc(C)cc1)c1ccc(C)cc1. The Kier molecular flexibility index (Phi) is 11.6. The summed E-state index contributed by atoms with van der Waals surface area (Å²) in [5.74, 6) is -0.406. The van der Waals surface area contributed by atoms with Crippen LogP contribution in [0.3, 0.4) is 0 Å². The summed E-state index contributed by atoms with van der Waals surface area (Å²) in [6.45, 7) is 8.38. The predicted octanol–water partition coefficient (Wildman–Crippen LogP) is 9.21. The monoisotopic (exact) mass is 609 g/mol. The fraction of sp³-hybridized carbons (Fsp3) is 0.289. The van der Waals surface area contributed by atoms with Gasteiger partial charge < -0.3 is 4.74 Å². The lowest BCUT2D eigenvalue weighted by Gasteiger charge is -2.31. The third-order valence-corrected chi connectivity index (χ3v) is 9.42. The van der Waals surface area contributed by atoms with Gasteiger partial charge in [-0.15, -0.1) is 0 Å². The average molecular weight is 610 g/mol. The van der Waals surface area contributed by atoms with Gasteiger partial charge in [-0.05, 0) is 80.1 Å². The number of sulfonamides is 1. The minimum absolute atomic E-state index is 0.149. The number of nitrogens with zero attached hydrogens (tertiary/aromatic N) is 1. The van der Waals surface area contributed by atoms with Crippen LogP contribution in [0.2, 0.25) is 0 Å². The van der Waals surface area contributed by atoms with E-state index in [1.165, 1.54) is 0 Å². The Balaban J connectivity index is 2.01. The number of ether oxygens (including phenoxy) is 1. The highest BCUT2D eigenvalue weighted by molar-refractivity contribution is 7.89. The van der Waals surface area contributed by atoms with Crippen LogP contribution >= 0.6 is 0 Å². The maximum Gasteiger partial charge on any atom is 0.338 e. The molecule has 0 aliphatic carbocycles. The topological polar surface area (TPSA) is 63.7 Å². The number of aryl methyl sites for hydroxylation is 2. The summed E-state index contributed by atoms with van der Waals surface area (Å²) in [7, 11) is -4.01. The van der Waals surface area contributed by atoms with Crippen LogP contribution in [0, 0.1) is 13.8 Å². The summed E-state index contributed by atoms with van der Waals surface area (Å²) >= 11 is 0. The quantitative estimate of drug-likeness (QED) is 0.0812. The van der Waals surface area contributed by atoms with Crippen LogP contribution in [0.15, 0.2) is 108 Å². The number of benzene rings is 4. The van der Waals surface area contributed by atoms with Gasteiger partial charge in [0, 0.05) is 0 Å². The number of unbranched alkanes of at least 4 members (excludes halogenated alkanes) is 3. The molecule has 0 heterocycles. The minimum atomic E-state index is -4.01. The lowest BCUT2D eigenvalue weighted by Crippen LogP contribution is -2.30. The fourth-order valence-corrected chi connectivity index (χ4v) is 6.71. The van der Waals surface area contributed by atoms with E-state index in [-0.39, 0.29) is 18.0 Å². The van der Waals surface area contributed by atoms with E-state index in [1.807, 2.05) is 68.4 Å². The van der Waals surface area contributed by atoms with Crippen molar-refractivity contribution < 1.29 is 17.9 Å². The van der Waals surface area contributed by atoms with E-state index >= 15 is 0 Å². The van der Waals surface area contributed by atoms with Gasteiger partial charge in [-0.25, -0.2) is 13.2 Å². The predicted molar refractivity (Wildman–Crippen MR) is 180 cm³/mol. The van der Waals surface area contributed by atoms with Gasteiger partial charge in [0.1, 0.15) is 0 Å². The van der Waals surface area contributed by atoms with Crippen LogP contribution in [0.5, 0.6) is 0 Å². The molecule has 0 aliphatic rings. The summed E-state index contributed by atoms with van der Waals surface area (Å²) in [5.41, 5.74) is 6.68. The van der Waals surface area contributed by atoms with Gasteiger partial charge in [0.25, 0.3) is 10.0 Å². The third-order valence-electron chi connectivity index (χ3n) is 7.66. The van der Waals surface area contributed by atoms with Crippen molar-refractivity contribution in [1.82, 2.24) is 4.31 Å². The minimum Gasteiger partial charge on any atom is -0.462 e. The molecular weight excluding hydrogens is 566 g/mol. The summed E-state index contributed by atoms with van der Waals surface area (Å²) in [6, 6.07) is 32.1. The number of carbonyl (C=O) groups is 1. The first kappa shape index (κ1) is 32.7. The van der Waals surface area contributed by atoms with Gasteiger partial charge in [-0.3, -0.25) is 4.31 Å². The molecule has 0 saturated carbocycles. The number of carbonyl (C=O) groups excluding carboxylic acids is 1. The van der Waals surface area contributed by atoms with Crippen molar-refractivity contribution in [3.8, 4) is 0 Å². The van der Waals surface area contributed by atoms with Crippen molar-refractivity contribution in [2.24, 2.45) is 0 Å². The lowest BCUT2D eigenvalue weighted by atomic mass is 9.93. The third kappa shape index (κ3) is 8.26. The summed E-state index contributed by atoms with van der Waals surface area (Å²) < 4.78 is 36.2. The second-order valence-corrected chi connectivity index (χ2v) is 13.0. The molecule has 0 amide bonds. The molecule has 0 atom stereocenters. The zero-order valence-corrected chi connectivity index (χ0v) is 27.1. The molecular formula is C38H43NO4S. The first-order chi connectivity index (χ1) is 21.2. The molecule has 44 heavy (non-hydrogen) atoms. The summed E-state index contributed by atoms with van der Waals surface area (Å²) in [5, 5.41) is 0. The Bertz CT molecular complexity index is 1640. The lowest BCUT2D eigenvalue weighted by molar-refractivity contribution is 0.0526. The molecule has 230 valence electrons. The molecule has 0 fully saturated rings. The Labute approximate surface area is 263 Å². The van der Waals surface area contributed by atoms with Gasteiger partial charge in [-0.2, -0.15) is 0 Å². The molecule has 0 unspecified atom stereocenters. The maximum atomic E-state index is 14.7. The number of rotatable bonds is 14. The van der Waals surface area contributed by atoms with E-state index in [9.17, 15) is 13.2 Å². The Hall–Kier alpha value is -4.16. The molecule has 6 heteroatoms. The Morgan fingerprint density at radius 1 is 0.682 bits per heavy atom. The summed E-state index contributed by atoms with van der Waals surface area (Å²) in [4.78, 5) is 12.8. The molecule has 4 aromatic carbocycles. The van der Waals surface area contributed by atoms with Gasteiger partial charge >= 0.3 is 5.97 Å². The standard InChI is InChI=1S/C38H43NO4S/c1-5-7-8-12-15-36(32-20-16-29(3)17-21-32)37(33-22-24-34(25-23-33)38(40)43-6-2)39(28-31-13-10-9-11-14-31)44(41,42)35-26-18-30(4)19-27-35/h9-11,13-14,16-27H,5-8,12,15,28H2,1-4H3/b37-36+. The van der Waals surface area contributed by atoms with Crippen LogP contribution in [0.25, 0.3) is 11.3 Å². The highest BCUT2D eigenvalue weighted by atomic mass is 32.2. The molecule has 0 aliphatic heterocycles. The average Bonchev–Trinajstić information content (AvgIpc) is 3.03. The van der Waals surface area contributed by atoms with Crippen molar-refractivity contribution in [2.45, 2.75) is 71.2 Å². The molecule has 4 aromatic rings. The molecule has 0 radical (unpaired) electrons. The molecule has 0 saturated heterocycles. The highest BCUT2D eigenvalue weighted by Gasteiger charge is 2.30. The first-order valence-corrected chi connectivity index (χ1v) is 16.9. The van der Waals surface area contributed by atoms with E-state index in [4.69, 9.17) is 4.74 Å². The largest absolute Gasteiger partial charge is 0.462 e. The second kappa shape index (κ2) is 15.5. The molecule has 4 rings (SSSR count). The molecule has 0 aromatic heterocycles. The van der Waals surface area contributed by atoms with Crippen LogP contribution in [0.1, 0.15) is 84.1 Å². The van der Waals surface area contributed by atoms with E-state index in [0.717, 1.165) is 59.1 Å². The van der Waals surface area contributed by atoms with Crippen molar-refractivity contribution in [3.05, 3.63) is 137 Å². The van der Waals surface area contributed by atoms with Gasteiger partial charge in [0.15, 0.2) is 0 Å². The Morgan fingerprint density at radius 2 is 1.25 bits per heavy atom. The zero-order chi connectivity index (χ0) is 31.5. The van der Waals surface area contributed by atoms with E-state index in [2.05, 4.69) is 31.2 Å². The Morgan fingerprint density at radius 3 is 1.84 bits per heavy atom. The van der Waals surface area contributed by atoms with Gasteiger partial charge in [0.05, 0.1) is 29.3 Å². The number of hydrogen-bond donors (Lipinski definition) is 0. The van der Waals surface area contributed by atoms with Crippen LogP contribution in [0.4, 0.5) is 0 Å². The smallest absolute Gasteiger partial charge is 0.338 e. The molecule has 0 spiro atoms. The summed E-state index contributed by atoms with van der Waals surface area (Å²) in [6.07, 6.45) is 4.89. The van der Waals surface area contributed by atoms with Crippen LogP contribution in [-0.2, 0) is 21.3 Å². The number of esters is 1. The van der Waals surface area contributed by atoms with Crippen molar-refractivity contribution in [1.29, 1.82) is 0 Å². The van der Waals surface area contributed by atoms with Crippen LogP contribution < -0.4 is 0 Å². The highest BCUT2D eigenvalue weighted by Crippen LogP contribution is 2.38. The van der Waals surface area contributed by atoms with E-state index in [1.54, 1.807) is 35.5 Å². The second-order valence-electron chi connectivity index (χ2n) is 11.1. The molecule has 0 N–H and O–H groups in total. The first-order valence-electron chi connectivity index (χ1n) is 15.5. The maximum absolute atomic E-state index is 14.7. The molecule has 0 bridgehead atoms. The van der Waals surface area contributed by atoms with Crippen molar-refractivity contribution in [2.75, 3.05) is 6.61 Å². The van der Waals surface area contributed by atoms with Crippen molar-refractivity contribution >= 4 is 27.3 Å². The molecule has 5 nitrogen and oxygen atoms in total. The van der Waals surface area contributed by atoms with Gasteiger partial charge in [0.2, 0.25) is 0 Å². The number of allylic oxidation sites excluding steroid dienone is 1.